The molecule has 2 rings (SSSR count). The monoisotopic (exact) mass is 225 g/mol. The number of hydrogen-bond donors (Lipinski definition) is 1. The summed E-state index contributed by atoms with van der Waals surface area (Å²) in [7, 11) is 0. The van der Waals surface area contributed by atoms with Gasteiger partial charge in [0.05, 0.1) is 0 Å². The van der Waals surface area contributed by atoms with Gasteiger partial charge < -0.3 is 5.32 Å². The first-order valence-corrected chi connectivity index (χ1v) is 6.99. The van der Waals surface area contributed by atoms with Crippen molar-refractivity contribution in [3.05, 3.63) is 0 Å². The second-order valence-electron chi connectivity index (χ2n) is 5.42. The Morgan fingerprint density at radius 1 is 1.19 bits per heavy atom. The van der Waals surface area contributed by atoms with Gasteiger partial charge in [0.2, 0.25) is 0 Å². The predicted octanol–water partition coefficient (Wildman–Crippen LogP) is 1.15. The fourth-order valence-electron chi connectivity index (χ4n) is 2.59. The summed E-state index contributed by atoms with van der Waals surface area (Å²) in [5, 5.41) is 3.57. The first-order valence-electron chi connectivity index (χ1n) is 6.99. The van der Waals surface area contributed by atoms with Crippen molar-refractivity contribution in [2.45, 2.75) is 45.2 Å². The van der Waals surface area contributed by atoms with Crippen LogP contribution in [0.4, 0.5) is 0 Å². The Morgan fingerprint density at radius 3 is 2.44 bits per heavy atom. The molecule has 94 valence electrons. The van der Waals surface area contributed by atoms with E-state index in [2.05, 4.69) is 29.0 Å². The molecule has 0 radical (unpaired) electrons. The van der Waals surface area contributed by atoms with Crippen LogP contribution in [-0.2, 0) is 0 Å². The summed E-state index contributed by atoms with van der Waals surface area (Å²) in [6, 6.07) is 1.60. The van der Waals surface area contributed by atoms with Crippen LogP contribution in [0.15, 0.2) is 0 Å². The number of nitrogens with one attached hydrogen (secondary N) is 1. The van der Waals surface area contributed by atoms with E-state index >= 15 is 0 Å². The zero-order chi connectivity index (χ0) is 11.4. The van der Waals surface area contributed by atoms with E-state index in [0.717, 1.165) is 12.6 Å². The lowest BCUT2D eigenvalue weighted by atomic mass is 10.2. The van der Waals surface area contributed by atoms with Gasteiger partial charge in [-0.25, -0.2) is 0 Å². The Kier molecular flexibility index (Phi) is 4.62. The minimum absolute atomic E-state index is 0.646. The summed E-state index contributed by atoms with van der Waals surface area (Å²) in [6.07, 6.45) is 4.14. The van der Waals surface area contributed by atoms with Crippen molar-refractivity contribution in [3.8, 4) is 0 Å². The van der Waals surface area contributed by atoms with E-state index < -0.39 is 0 Å². The van der Waals surface area contributed by atoms with Gasteiger partial charge in [-0.1, -0.05) is 6.92 Å². The molecular formula is C13H27N3. The standard InChI is InChI=1S/C13H27N3/c1-3-6-14-12(2)11-15-7-9-16(10-8-15)13-4-5-13/h12-14H,3-11H2,1-2H3. The first kappa shape index (κ1) is 12.3. The van der Waals surface area contributed by atoms with Gasteiger partial charge in [0.15, 0.2) is 0 Å². The highest BCUT2D eigenvalue weighted by molar-refractivity contribution is 4.87. The fraction of sp³-hybridized carbons (Fsp3) is 1.00. The van der Waals surface area contributed by atoms with E-state index in [1.54, 1.807) is 0 Å². The minimum Gasteiger partial charge on any atom is -0.313 e. The van der Waals surface area contributed by atoms with Gasteiger partial charge >= 0.3 is 0 Å². The zero-order valence-corrected chi connectivity index (χ0v) is 10.9. The van der Waals surface area contributed by atoms with Crippen LogP contribution in [0, 0.1) is 0 Å². The topological polar surface area (TPSA) is 18.5 Å². The molecule has 1 unspecified atom stereocenters. The highest BCUT2D eigenvalue weighted by atomic mass is 15.3. The molecule has 0 aromatic carbocycles. The van der Waals surface area contributed by atoms with Crippen molar-refractivity contribution in [1.29, 1.82) is 0 Å². The number of rotatable bonds is 6. The van der Waals surface area contributed by atoms with Crippen LogP contribution in [0.2, 0.25) is 0 Å². The SMILES string of the molecule is CCCNC(C)CN1CCN(C2CC2)CC1. The van der Waals surface area contributed by atoms with E-state index in [1.807, 2.05) is 0 Å². The summed E-state index contributed by atoms with van der Waals surface area (Å²) >= 11 is 0. The number of piperazine rings is 1. The van der Waals surface area contributed by atoms with E-state index in [1.165, 1.54) is 52.0 Å². The van der Waals surface area contributed by atoms with Gasteiger partial charge in [0.25, 0.3) is 0 Å². The molecule has 2 aliphatic rings. The van der Waals surface area contributed by atoms with Crippen LogP contribution in [0.1, 0.15) is 33.1 Å². The Morgan fingerprint density at radius 2 is 1.88 bits per heavy atom. The van der Waals surface area contributed by atoms with E-state index in [9.17, 15) is 0 Å². The van der Waals surface area contributed by atoms with Gasteiger partial charge in [-0.05, 0) is 32.7 Å². The van der Waals surface area contributed by atoms with Crippen molar-refractivity contribution in [2.75, 3.05) is 39.3 Å². The summed E-state index contributed by atoms with van der Waals surface area (Å²) in [6.45, 7) is 12.1. The van der Waals surface area contributed by atoms with E-state index in [0.29, 0.717) is 6.04 Å². The molecule has 1 heterocycles. The average molecular weight is 225 g/mol. The number of nitrogens with zero attached hydrogens (tertiary/aromatic N) is 2. The molecule has 3 heteroatoms. The quantitative estimate of drug-likeness (QED) is 0.732. The molecule has 2 fully saturated rings. The molecule has 0 aromatic heterocycles. The Labute approximate surface area is 100 Å². The number of hydrogen-bond acceptors (Lipinski definition) is 3. The largest absolute Gasteiger partial charge is 0.313 e. The predicted molar refractivity (Wildman–Crippen MR) is 68.8 cm³/mol. The van der Waals surface area contributed by atoms with Crippen LogP contribution < -0.4 is 5.32 Å². The maximum Gasteiger partial charge on any atom is 0.0166 e. The zero-order valence-electron chi connectivity index (χ0n) is 10.9. The molecule has 0 bridgehead atoms. The summed E-state index contributed by atoms with van der Waals surface area (Å²) in [5.41, 5.74) is 0. The van der Waals surface area contributed by atoms with Crippen molar-refractivity contribution >= 4 is 0 Å². The van der Waals surface area contributed by atoms with Crippen molar-refractivity contribution in [2.24, 2.45) is 0 Å². The van der Waals surface area contributed by atoms with Crippen molar-refractivity contribution < 1.29 is 0 Å². The fourth-order valence-corrected chi connectivity index (χ4v) is 2.59. The molecule has 1 saturated heterocycles. The summed E-state index contributed by atoms with van der Waals surface area (Å²) < 4.78 is 0. The molecular weight excluding hydrogens is 198 g/mol. The Hall–Kier alpha value is -0.120. The van der Waals surface area contributed by atoms with Crippen LogP contribution in [-0.4, -0.2) is 61.2 Å². The molecule has 1 aliphatic carbocycles. The van der Waals surface area contributed by atoms with Gasteiger partial charge in [-0.15, -0.1) is 0 Å². The molecule has 16 heavy (non-hydrogen) atoms. The molecule has 1 aliphatic heterocycles. The Balaban J connectivity index is 1.60. The van der Waals surface area contributed by atoms with Crippen LogP contribution in [0.25, 0.3) is 0 Å². The molecule has 1 atom stereocenters. The maximum absolute atomic E-state index is 3.57. The molecule has 1 saturated carbocycles. The first-order chi connectivity index (χ1) is 7.79. The second kappa shape index (κ2) is 5.99. The lowest BCUT2D eigenvalue weighted by Gasteiger charge is -2.36. The maximum atomic E-state index is 3.57. The summed E-state index contributed by atoms with van der Waals surface area (Å²) in [5.74, 6) is 0. The highest BCUT2D eigenvalue weighted by Gasteiger charge is 2.31. The molecule has 1 N–H and O–H groups in total. The van der Waals surface area contributed by atoms with Gasteiger partial charge in [0, 0.05) is 44.8 Å². The smallest absolute Gasteiger partial charge is 0.0166 e. The van der Waals surface area contributed by atoms with Gasteiger partial charge in [-0.2, -0.15) is 0 Å². The summed E-state index contributed by atoms with van der Waals surface area (Å²) in [4.78, 5) is 5.30. The van der Waals surface area contributed by atoms with Crippen LogP contribution in [0.3, 0.4) is 0 Å². The Bertz CT molecular complexity index is 195. The molecule has 0 aromatic rings. The third kappa shape index (κ3) is 3.72. The van der Waals surface area contributed by atoms with Crippen LogP contribution in [0.5, 0.6) is 0 Å². The van der Waals surface area contributed by atoms with E-state index in [-0.39, 0.29) is 0 Å². The molecule has 3 nitrogen and oxygen atoms in total. The van der Waals surface area contributed by atoms with Crippen molar-refractivity contribution in [3.63, 3.8) is 0 Å². The third-order valence-corrected chi connectivity index (χ3v) is 3.75. The third-order valence-electron chi connectivity index (χ3n) is 3.75. The van der Waals surface area contributed by atoms with E-state index in [4.69, 9.17) is 0 Å². The van der Waals surface area contributed by atoms with Gasteiger partial charge in [-0.3, -0.25) is 9.80 Å². The normalized spacial score (nSPS) is 25.9. The lowest BCUT2D eigenvalue weighted by molar-refractivity contribution is 0.119. The average Bonchev–Trinajstić information content (AvgIpc) is 3.11. The second-order valence-corrected chi connectivity index (χ2v) is 5.42. The molecule has 0 amide bonds. The van der Waals surface area contributed by atoms with Crippen LogP contribution >= 0.6 is 0 Å². The minimum atomic E-state index is 0.646. The van der Waals surface area contributed by atoms with Gasteiger partial charge in [0.1, 0.15) is 0 Å². The molecule has 0 spiro atoms. The van der Waals surface area contributed by atoms with Crippen molar-refractivity contribution in [1.82, 2.24) is 15.1 Å². The lowest BCUT2D eigenvalue weighted by Crippen LogP contribution is -2.50. The highest BCUT2D eigenvalue weighted by Crippen LogP contribution is 2.27.